The van der Waals surface area contributed by atoms with E-state index in [-0.39, 0.29) is 41.4 Å². The lowest BCUT2D eigenvalue weighted by molar-refractivity contribution is 0.161. The van der Waals surface area contributed by atoms with E-state index < -0.39 is 42.7 Å². The molecule has 0 saturated heterocycles. The fourth-order valence-electron chi connectivity index (χ4n) is 16.2. The minimum Gasteiger partial charge on any atom is -0.391 e. The summed E-state index contributed by atoms with van der Waals surface area (Å²) < 4.78 is 0. The Kier molecular flexibility index (Phi) is 44.6. The first-order valence-electron chi connectivity index (χ1n) is 45.2. The van der Waals surface area contributed by atoms with E-state index in [0.29, 0.717) is 44.9 Å². The summed E-state index contributed by atoms with van der Waals surface area (Å²) in [5.41, 5.74) is 23.8. The number of aryl methyl sites for hydroxylation is 7. The maximum Gasteiger partial charge on any atom is 0.0758 e. The molecule has 14 rings (SSSR count). The molecule has 7 heteroatoms. The molecule has 14 aromatic carbocycles. The number of rotatable bonds is 28. The Labute approximate surface area is 793 Å². The average molecular weight is 1750 g/mol. The van der Waals surface area contributed by atoms with E-state index in [0.717, 1.165) is 77.9 Å². The molecule has 133 heavy (non-hydrogen) atoms. The molecule has 0 amide bonds. The Balaban J connectivity index is 0.000000191. The molecule has 0 radical (unpaired) electrons. The third-order valence-electron chi connectivity index (χ3n) is 23.1. The summed E-state index contributed by atoms with van der Waals surface area (Å²) in [6.45, 7) is 14.4. The van der Waals surface area contributed by atoms with E-state index in [1.807, 2.05) is 212 Å². The zero-order valence-electron chi connectivity index (χ0n) is 77.6. The first-order valence-corrected chi connectivity index (χ1v) is 45.2. The summed E-state index contributed by atoms with van der Waals surface area (Å²) in [5, 5.41) is 72.4. The minimum atomic E-state index is -0.564. The first-order chi connectivity index (χ1) is 64.5. The lowest BCUT2D eigenvalue weighted by atomic mass is 9.85. The Morgan fingerprint density at radius 1 is 0.143 bits per heavy atom. The summed E-state index contributed by atoms with van der Waals surface area (Å²) in [6, 6.07) is 128. The van der Waals surface area contributed by atoms with Crippen molar-refractivity contribution >= 4 is 0 Å². The molecule has 0 fully saturated rings. The van der Waals surface area contributed by atoms with Gasteiger partial charge in [0.15, 0.2) is 0 Å². The van der Waals surface area contributed by atoms with Crippen molar-refractivity contribution in [3.05, 3.63) is 499 Å². The Morgan fingerprint density at radius 3 is 0.308 bits per heavy atom. The molecule has 14 aromatic rings. The van der Waals surface area contributed by atoms with Crippen LogP contribution in [0.5, 0.6) is 0 Å². The fourth-order valence-corrected chi connectivity index (χ4v) is 16.2. The number of aliphatic hydroxyl groups excluding tert-OH is 7. The Bertz CT molecular complexity index is 5240. The molecule has 7 nitrogen and oxygen atoms in total. The second kappa shape index (κ2) is 57.0. The van der Waals surface area contributed by atoms with Gasteiger partial charge in [-0.05, 0) is 126 Å². The van der Waals surface area contributed by atoms with E-state index in [1.54, 1.807) is 0 Å². The van der Waals surface area contributed by atoms with Gasteiger partial charge >= 0.3 is 0 Å². The van der Waals surface area contributed by atoms with Crippen LogP contribution in [0.3, 0.4) is 0 Å². The summed E-state index contributed by atoms with van der Waals surface area (Å²) in [5.74, 6) is 17.3. The van der Waals surface area contributed by atoms with Gasteiger partial charge in [0.1, 0.15) is 0 Å². The van der Waals surface area contributed by atoms with E-state index in [2.05, 4.69) is 260 Å². The topological polar surface area (TPSA) is 142 Å². The van der Waals surface area contributed by atoms with E-state index in [4.69, 9.17) is 45.0 Å². The first kappa shape index (κ1) is 104. The molecule has 0 aliphatic carbocycles. The highest BCUT2D eigenvalue weighted by atomic mass is 16.3. The summed E-state index contributed by atoms with van der Waals surface area (Å²) in [7, 11) is 0. The molecule has 0 spiro atoms. The van der Waals surface area contributed by atoms with Gasteiger partial charge in [0.05, 0.1) is 42.7 Å². The van der Waals surface area contributed by atoms with Crippen molar-refractivity contribution < 1.29 is 35.7 Å². The largest absolute Gasteiger partial charge is 0.391 e. The van der Waals surface area contributed by atoms with Gasteiger partial charge in [-0.3, -0.25) is 0 Å². The van der Waals surface area contributed by atoms with Gasteiger partial charge in [0, 0.05) is 86.4 Å². The van der Waals surface area contributed by atoms with Crippen molar-refractivity contribution in [3.8, 4) is 86.4 Å². The van der Waals surface area contributed by atoms with Crippen molar-refractivity contribution in [1.29, 1.82) is 0 Å². The third-order valence-corrected chi connectivity index (χ3v) is 23.1. The SMILES string of the molecule is C#CCC(O)C(c1ccc(C)cc1)c1ccc(C)cc1.C#CCC(O)C(c1ccccc1)c1ccc(C)cc1.C#CCC(O)C(c1ccccc1)c1ccc(C)cc1.C#CCC(O)C(c1ccccc1)c1ccc(C)cc1.C#CCC(O)C(c1ccccc1)c1ccc(C)cc1.C#CCC(O)C(c1ccccc1)c1ccc(C)cc1.C#CCC(O)C(c1ccccc1)c1ccccc1. The third kappa shape index (κ3) is 33.6. The lowest BCUT2D eigenvalue weighted by Gasteiger charge is -2.23. The molecular formula is C126H126O7. The maximum absolute atomic E-state index is 10.4. The zero-order chi connectivity index (χ0) is 95.7. The molecule has 0 saturated carbocycles. The molecule has 12 unspecified atom stereocenters. The highest BCUT2D eigenvalue weighted by Gasteiger charge is 2.29. The monoisotopic (exact) mass is 1750 g/mol. The molecule has 0 bridgehead atoms. The van der Waals surface area contributed by atoms with Gasteiger partial charge in [0.25, 0.3) is 0 Å². The highest BCUT2D eigenvalue weighted by Crippen LogP contribution is 2.37. The van der Waals surface area contributed by atoms with Crippen LogP contribution in [0.25, 0.3) is 0 Å². The molecule has 12 atom stereocenters. The normalized spacial score (nSPS) is 13.1. The van der Waals surface area contributed by atoms with Crippen LogP contribution in [-0.2, 0) is 0 Å². The summed E-state index contributed by atoms with van der Waals surface area (Å²) in [6.07, 6.45) is 35.9. The predicted octanol–water partition coefficient (Wildman–Crippen LogP) is 24.6. The zero-order valence-corrected chi connectivity index (χ0v) is 77.6. The molecule has 672 valence electrons. The number of hydrogen-bond acceptors (Lipinski definition) is 7. The molecule has 0 aliphatic rings. The highest BCUT2D eigenvalue weighted by molar-refractivity contribution is 5.44. The standard InChI is InChI=1S/C19H20O.5C18H18O.C17H16O/c1-4-5-18(20)19(16-10-6-14(2)7-11-16)17-12-8-15(3)9-13-17;5*1-3-7-17(19)18(15-8-5-4-6-9-15)16-12-10-14(2)11-13-16;1-2-9-16(18)17(14-10-5-3-6-11-14)15-12-7-4-8-13-15/h1,6-13,18-20H,5H2,2-3H3;5*1,4-6,8-13,17-19H,7H2,2H3;1,3-8,10-13,16-18H,9H2. The number of hydrogen-bond donors (Lipinski definition) is 7. The van der Waals surface area contributed by atoms with Crippen LogP contribution in [-0.4, -0.2) is 78.5 Å². The Morgan fingerprint density at radius 2 is 0.226 bits per heavy atom. The number of terminal acetylenes is 7. The van der Waals surface area contributed by atoms with Gasteiger partial charge in [-0.2, -0.15) is 0 Å². The molecule has 0 heterocycles. The van der Waals surface area contributed by atoms with Gasteiger partial charge in [-0.15, -0.1) is 86.4 Å². The van der Waals surface area contributed by atoms with Gasteiger partial charge in [-0.1, -0.05) is 421 Å². The van der Waals surface area contributed by atoms with Crippen molar-refractivity contribution in [1.82, 2.24) is 0 Å². The minimum absolute atomic E-state index is 0.0663. The fraction of sp³-hybridized carbons (Fsp3) is 0.222. The average Bonchev–Trinajstić information content (AvgIpc) is 0.839. The maximum atomic E-state index is 10.4. The van der Waals surface area contributed by atoms with Crippen molar-refractivity contribution in [2.75, 3.05) is 0 Å². The van der Waals surface area contributed by atoms with Gasteiger partial charge in [0.2, 0.25) is 0 Å². The van der Waals surface area contributed by atoms with Crippen molar-refractivity contribution in [3.63, 3.8) is 0 Å². The van der Waals surface area contributed by atoms with Crippen LogP contribution in [0.4, 0.5) is 0 Å². The van der Waals surface area contributed by atoms with Crippen LogP contribution in [0.1, 0.15) is 203 Å². The van der Waals surface area contributed by atoms with Crippen molar-refractivity contribution in [2.45, 2.75) is 178 Å². The van der Waals surface area contributed by atoms with Gasteiger partial charge < -0.3 is 35.7 Å². The predicted molar refractivity (Wildman–Crippen MR) is 552 cm³/mol. The van der Waals surface area contributed by atoms with Crippen LogP contribution < -0.4 is 0 Å². The van der Waals surface area contributed by atoms with E-state index in [9.17, 15) is 35.7 Å². The molecule has 0 aliphatic heterocycles. The van der Waals surface area contributed by atoms with Crippen LogP contribution in [0, 0.1) is 135 Å². The van der Waals surface area contributed by atoms with E-state index in [1.165, 1.54) is 38.9 Å². The summed E-state index contributed by atoms with van der Waals surface area (Å²) in [4.78, 5) is 0. The smallest absolute Gasteiger partial charge is 0.0758 e. The molecule has 0 aromatic heterocycles. The second-order valence-electron chi connectivity index (χ2n) is 33.4. The number of benzene rings is 14. The van der Waals surface area contributed by atoms with E-state index >= 15 is 0 Å². The quantitative estimate of drug-likeness (QED) is 0.0242. The van der Waals surface area contributed by atoms with Crippen LogP contribution in [0.2, 0.25) is 0 Å². The van der Waals surface area contributed by atoms with Crippen LogP contribution >= 0.6 is 0 Å². The molecular weight excluding hydrogens is 1630 g/mol. The Hall–Kier alpha value is -14.3. The van der Waals surface area contributed by atoms with Gasteiger partial charge in [-0.25, -0.2) is 0 Å². The molecule has 7 N–H and O–H groups in total. The lowest BCUT2D eigenvalue weighted by Crippen LogP contribution is -2.19. The summed E-state index contributed by atoms with van der Waals surface area (Å²) >= 11 is 0. The second-order valence-corrected chi connectivity index (χ2v) is 33.4. The number of aliphatic hydroxyl groups is 7. The van der Waals surface area contributed by atoms with Crippen molar-refractivity contribution in [2.24, 2.45) is 0 Å². The van der Waals surface area contributed by atoms with Crippen LogP contribution in [0.15, 0.2) is 382 Å².